The molecule has 0 aliphatic carbocycles. The largest absolute Gasteiger partial charge is 0.481 e. The quantitative estimate of drug-likeness (QED) is 0.882. The van der Waals surface area contributed by atoms with E-state index in [0.29, 0.717) is 19.4 Å². The van der Waals surface area contributed by atoms with E-state index in [9.17, 15) is 14.0 Å². The van der Waals surface area contributed by atoms with Crippen molar-refractivity contribution in [1.82, 2.24) is 4.90 Å². The van der Waals surface area contributed by atoms with Crippen molar-refractivity contribution < 1.29 is 19.1 Å². The van der Waals surface area contributed by atoms with Gasteiger partial charge in [-0.3, -0.25) is 4.79 Å². The lowest BCUT2D eigenvalue weighted by Crippen LogP contribution is -2.44. The number of aliphatic carboxylic acids is 1. The Kier molecular flexibility index (Phi) is 4.44. The molecule has 0 radical (unpaired) electrons. The molecule has 2 rings (SSSR count). The monoisotopic (exact) mass is 300 g/mol. The Hall–Kier alpha value is -1.82. The zero-order valence-corrected chi connectivity index (χ0v) is 11.4. The Morgan fingerprint density at radius 1 is 1.40 bits per heavy atom. The average Bonchev–Trinajstić information content (AvgIpc) is 2.37. The summed E-state index contributed by atoms with van der Waals surface area (Å²) in [7, 11) is 0. The second kappa shape index (κ2) is 6.09. The Labute approximate surface area is 120 Å². The molecule has 108 valence electrons. The first kappa shape index (κ1) is 14.6. The molecule has 5 nitrogen and oxygen atoms in total. The molecule has 1 saturated heterocycles. The summed E-state index contributed by atoms with van der Waals surface area (Å²) in [6, 6.07) is 3.28. The number of halogens is 2. The summed E-state index contributed by atoms with van der Waals surface area (Å²) in [6.45, 7) is 0.642. The lowest BCUT2D eigenvalue weighted by Gasteiger charge is -2.30. The van der Waals surface area contributed by atoms with Gasteiger partial charge in [0.05, 0.1) is 5.92 Å². The maximum atomic E-state index is 13.2. The van der Waals surface area contributed by atoms with Gasteiger partial charge in [0.2, 0.25) is 0 Å². The smallest absolute Gasteiger partial charge is 0.321 e. The van der Waals surface area contributed by atoms with Gasteiger partial charge >= 0.3 is 12.0 Å². The predicted octanol–water partition coefficient (Wildman–Crippen LogP) is 2.81. The van der Waals surface area contributed by atoms with E-state index in [1.807, 2.05) is 0 Å². The first-order chi connectivity index (χ1) is 9.45. The maximum Gasteiger partial charge on any atom is 0.321 e. The third-order valence-corrected chi connectivity index (χ3v) is 3.39. The molecular weight excluding hydrogens is 287 g/mol. The highest BCUT2D eigenvalue weighted by atomic mass is 35.5. The van der Waals surface area contributed by atoms with Crippen molar-refractivity contribution in [2.45, 2.75) is 12.8 Å². The number of carbonyl (C=O) groups excluding carboxylic acids is 1. The molecule has 2 amide bonds. The van der Waals surface area contributed by atoms with Crippen molar-refractivity contribution in [2.24, 2.45) is 5.92 Å². The standard InChI is InChI=1S/C13H14ClFN2O3/c14-9-4-10(15)6-11(5-9)16-13(20)17-3-1-2-8(7-17)12(18)19/h4-6,8H,1-3,7H2,(H,16,20)(H,18,19). The Bertz CT molecular complexity index is 518. The number of benzene rings is 1. The van der Waals surface area contributed by atoms with Gasteiger partial charge in [0.15, 0.2) is 0 Å². The van der Waals surface area contributed by atoms with E-state index in [0.717, 1.165) is 12.1 Å². The average molecular weight is 301 g/mol. The Morgan fingerprint density at radius 2 is 2.15 bits per heavy atom. The van der Waals surface area contributed by atoms with E-state index in [-0.39, 0.29) is 17.3 Å². The molecule has 2 N–H and O–H groups in total. The van der Waals surface area contributed by atoms with Crippen LogP contribution in [0.3, 0.4) is 0 Å². The lowest BCUT2D eigenvalue weighted by atomic mass is 9.99. The van der Waals surface area contributed by atoms with Crippen molar-refractivity contribution in [3.8, 4) is 0 Å². The van der Waals surface area contributed by atoms with Crippen LogP contribution in [0.4, 0.5) is 14.9 Å². The highest BCUT2D eigenvalue weighted by molar-refractivity contribution is 6.30. The fourth-order valence-corrected chi connectivity index (χ4v) is 2.41. The summed E-state index contributed by atoms with van der Waals surface area (Å²) in [5.41, 5.74) is 0.248. The number of piperidine rings is 1. The molecule has 1 unspecified atom stereocenters. The molecule has 1 atom stereocenters. The summed E-state index contributed by atoms with van der Waals surface area (Å²) < 4.78 is 13.2. The molecule has 1 aromatic rings. The maximum absolute atomic E-state index is 13.2. The van der Waals surface area contributed by atoms with Crippen LogP contribution in [0, 0.1) is 11.7 Å². The second-order valence-corrected chi connectivity index (χ2v) is 5.15. The fraction of sp³-hybridized carbons (Fsp3) is 0.385. The van der Waals surface area contributed by atoms with E-state index in [1.165, 1.54) is 11.0 Å². The number of carbonyl (C=O) groups is 2. The minimum atomic E-state index is -0.906. The third-order valence-electron chi connectivity index (χ3n) is 3.17. The molecule has 1 aliphatic heterocycles. The molecule has 1 aliphatic rings. The molecule has 1 fully saturated rings. The van der Waals surface area contributed by atoms with Gasteiger partial charge in [0.25, 0.3) is 0 Å². The van der Waals surface area contributed by atoms with Gasteiger partial charge in [0.1, 0.15) is 5.82 Å². The van der Waals surface area contributed by atoms with Crippen molar-refractivity contribution in [3.63, 3.8) is 0 Å². The minimum absolute atomic E-state index is 0.157. The molecule has 0 saturated carbocycles. The number of nitrogens with one attached hydrogen (secondary N) is 1. The normalized spacial score (nSPS) is 18.7. The molecule has 0 bridgehead atoms. The SMILES string of the molecule is O=C(O)C1CCCN(C(=O)Nc2cc(F)cc(Cl)c2)C1. The molecule has 20 heavy (non-hydrogen) atoms. The van der Waals surface area contributed by atoms with Crippen LogP contribution in [-0.4, -0.2) is 35.1 Å². The summed E-state index contributed by atoms with van der Waals surface area (Å²) in [6.07, 6.45) is 1.19. The van der Waals surface area contributed by atoms with E-state index in [4.69, 9.17) is 16.7 Å². The number of nitrogens with zero attached hydrogens (tertiary/aromatic N) is 1. The van der Waals surface area contributed by atoms with Gasteiger partial charge in [-0.25, -0.2) is 9.18 Å². The van der Waals surface area contributed by atoms with E-state index >= 15 is 0 Å². The highest BCUT2D eigenvalue weighted by Crippen LogP contribution is 2.20. The summed E-state index contributed by atoms with van der Waals surface area (Å²) >= 11 is 5.70. The number of carboxylic acids is 1. The third kappa shape index (κ3) is 3.60. The molecular formula is C13H14ClFN2O3. The van der Waals surface area contributed by atoms with Crippen LogP contribution in [0.5, 0.6) is 0 Å². The van der Waals surface area contributed by atoms with Crippen LogP contribution >= 0.6 is 11.6 Å². The Morgan fingerprint density at radius 3 is 2.80 bits per heavy atom. The van der Waals surface area contributed by atoms with Crippen LogP contribution in [0.25, 0.3) is 0 Å². The van der Waals surface area contributed by atoms with E-state index < -0.39 is 23.7 Å². The van der Waals surface area contributed by atoms with Gasteiger partial charge in [-0.1, -0.05) is 11.6 Å². The van der Waals surface area contributed by atoms with Gasteiger partial charge < -0.3 is 15.3 Å². The lowest BCUT2D eigenvalue weighted by molar-refractivity contribution is -0.143. The Balaban J connectivity index is 2.02. The molecule has 0 aromatic heterocycles. The zero-order valence-electron chi connectivity index (χ0n) is 10.6. The van der Waals surface area contributed by atoms with E-state index in [2.05, 4.69) is 5.32 Å². The molecule has 0 spiro atoms. The number of rotatable bonds is 2. The second-order valence-electron chi connectivity index (χ2n) is 4.71. The van der Waals surface area contributed by atoms with Crippen LogP contribution in [0.1, 0.15) is 12.8 Å². The van der Waals surface area contributed by atoms with Crippen LogP contribution in [-0.2, 0) is 4.79 Å². The molecule has 7 heteroatoms. The highest BCUT2D eigenvalue weighted by Gasteiger charge is 2.28. The van der Waals surface area contributed by atoms with Crippen molar-refractivity contribution in [3.05, 3.63) is 29.0 Å². The predicted molar refractivity (Wildman–Crippen MR) is 72.4 cm³/mol. The summed E-state index contributed by atoms with van der Waals surface area (Å²) in [5.74, 6) is -2.00. The number of likely N-dealkylation sites (tertiary alicyclic amines) is 1. The number of urea groups is 1. The number of hydrogen-bond donors (Lipinski definition) is 2. The first-order valence-electron chi connectivity index (χ1n) is 6.20. The van der Waals surface area contributed by atoms with Crippen LogP contribution in [0.15, 0.2) is 18.2 Å². The number of anilines is 1. The zero-order chi connectivity index (χ0) is 14.7. The van der Waals surface area contributed by atoms with Gasteiger partial charge in [0, 0.05) is 23.8 Å². The molecule has 1 aromatic carbocycles. The number of hydrogen-bond acceptors (Lipinski definition) is 2. The van der Waals surface area contributed by atoms with Crippen LogP contribution < -0.4 is 5.32 Å². The van der Waals surface area contributed by atoms with Gasteiger partial charge in [-0.15, -0.1) is 0 Å². The summed E-state index contributed by atoms with van der Waals surface area (Å²) in [5, 5.41) is 11.7. The van der Waals surface area contributed by atoms with Crippen molar-refractivity contribution in [1.29, 1.82) is 0 Å². The van der Waals surface area contributed by atoms with Crippen LogP contribution in [0.2, 0.25) is 5.02 Å². The number of amides is 2. The van der Waals surface area contributed by atoms with Gasteiger partial charge in [-0.2, -0.15) is 0 Å². The van der Waals surface area contributed by atoms with Crippen molar-refractivity contribution in [2.75, 3.05) is 18.4 Å². The van der Waals surface area contributed by atoms with Crippen molar-refractivity contribution >= 4 is 29.3 Å². The number of carboxylic acid groups (broad SMARTS) is 1. The van der Waals surface area contributed by atoms with E-state index in [1.54, 1.807) is 0 Å². The minimum Gasteiger partial charge on any atom is -0.481 e. The van der Waals surface area contributed by atoms with Gasteiger partial charge in [-0.05, 0) is 31.0 Å². The fourth-order valence-electron chi connectivity index (χ4n) is 2.19. The first-order valence-corrected chi connectivity index (χ1v) is 6.58. The molecule has 1 heterocycles. The topological polar surface area (TPSA) is 69.6 Å². The summed E-state index contributed by atoms with van der Waals surface area (Å²) in [4.78, 5) is 24.4.